The third-order valence-electron chi connectivity index (χ3n) is 3.49. The molecule has 1 N–H and O–H groups in total. The van der Waals surface area contributed by atoms with E-state index in [1.54, 1.807) is 4.90 Å². The summed E-state index contributed by atoms with van der Waals surface area (Å²) in [4.78, 5) is 24.9. The molecule has 0 saturated carbocycles. The van der Waals surface area contributed by atoms with Crippen molar-refractivity contribution in [2.45, 2.75) is 5.92 Å². The highest BCUT2D eigenvalue weighted by Crippen LogP contribution is 2.33. The van der Waals surface area contributed by atoms with Gasteiger partial charge in [-0.15, -0.1) is 0 Å². The van der Waals surface area contributed by atoms with E-state index in [0.29, 0.717) is 18.8 Å². The minimum absolute atomic E-state index is 0.0252. The third-order valence-corrected chi connectivity index (χ3v) is 4.02. The van der Waals surface area contributed by atoms with Gasteiger partial charge < -0.3 is 10.0 Å². The summed E-state index contributed by atoms with van der Waals surface area (Å²) in [5, 5.41) is 9.33. The van der Waals surface area contributed by atoms with Gasteiger partial charge in [0, 0.05) is 19.0 Å². The Kier molecular flexibility index (Phi) is 4.47. The molecule has 1 aliphatic heterocycles. The quantitative estimate of drug-likeness (QED) is 0.911. The predicted octanol–water partition coefficient (Wildman–Crippen LogP) is 1.68. The minimum atomic E-state index is -0.826. The van der Waals surface area contributed by atoms with E-state index in [-0.39, 0.29) is 11.8 Å². The molecule has 0 bridgehead atoms. The zero-order chi connectivity index (χ0) is 13.8. The number of aliphatic carboxylic acids is 1. The lowest BCUT2D eigenvalue weighted by molar-refractivity contribution is -0.141. The number of hydrogen-bond donors (Lipinski definition) is 1. The summed E-state index contributed by atoms with van der Waals surface area (Å²) in [6.45, 7) is 0.814. The second-order valence-corrected chi connectivity index (χ2v) is 5.56. The van der Waals surface area contributed by atoms with Crippen LogP contribution in [0.4, 0.5) is 0 Å². The number of carboxylic acids is 1. The van der Waals surface area contributed by atoms with Gasteiger partial charge in [-0.3, -0.25) is 9.59 Å². The standard InChI is InChI=1S/C14H17NO3S/c1-19-9-13(16)15-7-11(12(8-15)14(17)18)10-5-3-2-4-6-10/h2-6,11-12H,7-9H2,1H3,(H,17,18)/t11-,12-/m0/s1. The maximum absolute atomic E-state index is 11.9. The number of nitrogens with zero attached hydrogens (tertiary/aromatic N) is 1. The summed E-state index contributed by atoms with van der Waals surface area (Å²) in [5.41, 5.74) is 0.995. The van der Waals surface area contributed by atoms with Crippen molar-refractivity contribution >= 4 is 23.6 Å². The first-order valence-electron chi connectivity index (χ1n) is 6.18. The van der Waals surface area contributed by atoms with Crippen LogP contribution < -0.4 is 0 Å². The number of carboxylic acid groups (broad SMARTS) is 1. The molecular weight excluding hydrogens is 262 g/mol. The summed E-state index contributed by atoms with van der Waals surface area (Å²) in [5.74, 6) is -1.00. The smallest absolute Gasteiger partial charge is 0.308 e. The Morgan fingerprint density at radius 2 is 2.00 bits per heavy atom. The van der Waals surface area contributed by atoms with E-state index in [0.717, 1.165) is 5.56 Å². The van der Waals surface area contributed by atoms with E-state index in [1.807, 2.05) is 36.6 Å². The first-order chi connectivity index (χ1) is 9.13. The van der Waals surface area contributed by atoms with Crippen molar-refractivity contribution in [2.24, 2.45) is 5.92 Å². The van der Waals surface area contributed by atoms with Crippen LogP contribution in [-0.2, 0) is 9.59 Å². The fraction of sp³-hybridized carbons (Fsp3) is 0.429. The predicted molar refractivity (Wildman–Crippen MR) is 75.3 cm³/mol. The normalized spacial score (nSPS) is 22.5. The molecule has 1 heterocycles. The lowest BCUT2D eigenvalue weighted by atomic mass is 9.89. The van der Waals surface area contributed by atoms with Crippen LogP contribution in [0.1, 0.15) is 11.5 Å². The van der Waals surface area contributed by atoms with Crippen LogP contribution in [0.3, 0.4) is 0 Å². The van der Waals surface area contributed by atoms with Gasteiger partial charge in [-0.2, -0.15) is 11.8 Å². The van der Waals surface area contributed by atoms with Gasteiger partial charge in [0.15, 0.2) is 0 Å². The summed E-state index contributed by atoms with van der Waals surface area (Å²) in [7, 11) is 0. The van der Waals surface area contributed by atoms with Gasteiger partial charge in [0.25, 0.3) is 0 Å². The van der Waals surface area contributed by atoms with Gasteiger partial charge in [-0.05, 0) is 11.8 Å². The van der Waals surface area contributed by atoms with Crippen LogP contribution in [0.15, 0.2) is 30.3 Å². The van der Waals surface area contributed by atoms with Crippen LogP contribution in [0.5, 0.6) is 0 Å². The van der Waals surface area contributed by atoms with Crippen molar-refractivity contribution in [1.82, 2.24) is 4.90 Å². The molecule has 1 saturated heterocycles. The highest BCUT2D eigenvalue weighted by Gasteiger charge is 2.40. The van der Waals surface area contributed by atoms with Crippen molar-refractivity contribution < 1.29 is 14.7 Å². The molecule has 0 spiro atoms. The molecule has 0 radical (unpaired) electrons. The van der Waals surface area contributed by atoms with Gasteiger partial charge in [0.2, 0.25) is 5.91 Å². The number of hydrogen-bond acceptors (Lipinski definition) is 3. The van der Waals surface area contributed by atoms with E-state index in [1.165, 1.54) is 11.8 Å². The number of likely N-dealkylation sites (tertiary alicyclic amines) is 1. The topological polar surface area (TPSA) is 57.6 Å². The molecule has 1 amide bonds. The summed E-state index contributed by atoms with van der Waals surface area (Å²) in [6, 6.07) is 9.58. The third kappa shape index (κ3) is 3.10. The molecule has 1 aromatic rings. The van der Waals surface area contributed by atoms with Crippen LogP contribution in [0, 0.1) is 5.92 Å². The van der Waals surface area contributed by atoms with Crippen LogP contribution in [0.25, 0.3) is 0 Å². The lowest BCUT2D eigenvalue weighted by Gasteiger charge is -2.15. The van der Waals surface area contributed by atoms with Crippen molar-refractivity contribution in [3.05, 3.63) is 35.9 Å². The maximum Gasteiger partial charge on any atom is 0.308 e. The monoisotopic (exact) mass is 279 g/mol. The molecule has 2 atom stereocenters. The van der Waals surface area contributed by atoms with Crippen molar-refractivity contribution in [2.75, 3.05) is 25.1 Å². The zero-order valence-corrected chi connectivity index (χ0v) is 11.6. The number of carbonyl (C=O) groups excluding carboxylic acids is 1. The molecule has 5 heteroatoms. The molecule has 0 aromatic heterocycles. The number of amides is 1. The van der Waals surface area contributed by atoms with E-state index >= 15 is 0 Å². The lowest BCUT2D eigenvalue weighted by Crippen LogP contribution is -2.31. The van der Waals surface area contributed by atoms with Crippen LogP contribution in [-0.4, -0.2) is 47.0 Å². The van der Waals surface area contributed by atoms with E-state index in [4.69, 9.17) is 0 Å². The molecule has 0 unspecified atom stereocenters. The second kappa shape index (κ2) is 6.10. The zero-order valence-electron chi connectivity index (χ0n) is 10.8. The summed E-state index contributed by atoms with van der Waals surface area (Å²) in [6.07, 6.45) is 1.87. The van der Waals surface area contributed by atoms with Crippen molar-refractivity contribution in [1.29, 1.82) is 0 Å². The molecular formula is C14H17NO3S. The van der Waals surface area contributed by atoms with Crippen molar-refractivity contribution in [3.8, 4) is 0 Å². The highest BCUT2D eigenvalue weighted by atomic mass is 32.2. The van der Waals surface area contributed by atoms with Crippen molar-refractivity contribution in [3.63, 3.8) is 0 Å². The highest BCUT2D eigenvalue weighted by molar-refractivity contribution is 7.99. The average Bonchev–Trinajstić information content (AvgIpc) is 2.85. The van der Waals surface area contributed by atoms with Gasteiger partial charge >= 0.3 is 5.97 Å². The molecule has 1 fully saturated rings. The largest absolute Gasteiger partial charge is 0.481 e. The van der Waals surface area contributed by atoms with Crippen LogP contribution in [0.2, 0.25) is 0 Å². The SMILES string of the molecule is CSCC(=O)N1C[C@H](C(=O)O)[C@H](c2ccccc2)C1. The Balaban J connectivity index is 2.18. The van der Waals surface area contributed by atoms with E-state index < -0.39 is 11.9 Å². The van der Waals surface area contributed by atoms with E-state index in [9.17, 15) is 14.7 Å². The number of carbonyl (C=O) groups is 2. The molecule has 19 heavy (non-hydrogen) atoms. The Morgan fingerprint density at radius 3 is 2.58 bits per heavy atom. The number of thioether (sulfide) groups is 1. The first kappa shape index (κ1) is 13.9. The first-order valence-corrected chi connectivity index (χ1v) is 7.57. The van der Waals surface area contributed by atoms with Gasteiger partial charge in [-0.25, -0.2) is 0 Å². The minimum Gasteiger partial charge on any atom is -0.481 e. The second-order valence-electron chi connectivity index (χ2n) is 4.69. The molecule has 0 aliphatic carbocycles. The number of benzene rings is 1. The van der Waals surface area contributed by atoms with Gasteiger partial charge in [0.1, 0.15) is 0 Å². The molecule has 1 aliphatic rings. The fourth-order valence-corrected chi connectivity index (χ4v) is 2.94. The fourth-order valence-electron chi connectivity index (χ4n) is 2.51. The maximum atomic E-state index is 11.9. The average molecular weight is 279 g/mol. The Labute approximate surface area is 116 Å². The Bertz CT molecular complexity index is 463. The molecule has 2 rings (SSSR count). The van der Waals surface area contributed by atoms with Crippen LogP contribution >= 0.6 is 11.8 Å². The van der Waals surface area contributed by atoms with Gasteiger partial charge in [-0.1, -0.05) is 30.3 Å². The summed E-state index contributed by atoms with van der Waals surface area (Å²) < 4.78 is 0. The van der Waals surface area contributed by atoms with Gasteiger partial charge in [0.05, 0.1) is 11.7 Å². The van der Waals surface area contributed by atoms with E-state index in [2.05, 4.69) is 0 Å². The molecule has 4 nitrogen and oxygen atoms in total. The number of rotatable bonds is 4. The molecule has 1 aromatic carbocycles. The Morgan fingerprint density at radius 1 is 1.32 bits per heavy atom. The Hall–Kier alpha value is -1.49. The molecule has 102 valence electrons. The summed E-state index contributed by atoms with van der Waals surface area (Å²) >= 11 is 1.46.